The molecule has 0 saturated heterocycles. The number of amides is 1. The Kier molecular flexibility index (Phi) is 3.65. The van der Waals surface area contributed by atoms with Crippen LogP contribution in [-0.2, 0) is 6.54 Å². The number of aromatic nitrogens is 1. The van der Waals surface area contributed by atoms with Gasteiger partial charge in [-0.1, -0.05) is 0 Å². The van der Waals surface area contributed by atoms with Gasteiger partial charge in [-0.05, 0) is 19.1 Å². The van der Waals surface area contributed by atoms with E-state index in [1.54, 1.807) is 6.92 Å². The molecule has 1 aromatic heterocycles. The molecular weight excluding hydrogens is 264 g/mol. The molecule has 3 N–H and O–H groups in total. The van der Waals surface area contributed by atoms with E-state index in [0.717, 1.165) is 6.07 Å². The molecule has 8 heteroatoms. The van der Waals surface area contributed by atoms with Crippen LogP contribution in [0.1, 0.15) is 22.0 Å². The fourth-order valence-electron chi connectivity index (χ4n) is 1.58. The third-order valence-electron chi connectivity index (χ3n) is 2.56. The van der Waals surface area contributed by atoms with Crippen molar-refractivity contribution in [3.63, 3.8) is 0 Å². The zero-order valence-electron chi connectivity index (χ0n) is 10.6. The maximum absolute atomic E-state index is 11.9. The summed E-state index contributed by atoms with van der Waals surface area (Å²) in [5.41, 5.74) is 5.32. The summed E-state index contributed by atoms with van der Waals surface area (Å²) < 4.78 is 5.20. The number of carbonyl (C=O) groups excluding carboxylic acids is 1. The summed E-state index contributed by atoms with van der Waals surface area (Å²) in [6.45, 7) is 1.84. The molecule has 0 aliphatic carbocycles. The zero-order valence-corrected chi connectivity index (χ0v) is 10.6. The molecular formula is C12H12N4O4. The lowest BCUT2D eigenvalue weighted by Crippen LogP contribution is -2.23. The van der Waals surface area contributed by atoms with E-state index >= 15 is 0 Å². The average Bonchev–Trinajstić information content (AvgIpc) is 2.82. The number of nitro benzene ring substituents is 1. The summed E-state index contributed by atoms with van der Waals surface area (Å²) in [5, 5.41) is 13.3. The maximum atomic E-state index is 11.9. The third-order valence-corrected chi connectivity index (χ3v) is 2.56. The lowest BCUT2D eigenvalue weighted by molar-refractivity contribution is -0.383. The summed E-state index contributed by atoms with van der Waals surface area (Å²) in [6.07, 6.45) is 1.54. The number of nitrogen functional groups attached to an aromatic ring is 1. The number of anilines is 1. The van der Waals surface area contributed by atoms with Gasteiger partial charge in [0.1, 0.15) is 11.4 Å². The lowest BCUT2D eigenvalue weighted by atomic mass is 10.1. The molecule has 0 aliphatic rings. The van der Waals surface area contributed by atoms with E-state index in [0.29, 0.717) is 11.7 Å². The van der Waals surface area contributed by atoms with Crippen LogP contribution >= 0.6 is 0 Å². The maximum Gasteiger partial charge on any atom is 0.292 e. The Morgan fingerprint density at radius 1 is 1.55 bits per heavy atom. The van der Waals surface area contributed by atoms with E-state index in [9.17, 15) is 14.9 Å². The molecule has 0 unspecified atom stereocenters. The SMILES string of the molecule is Cc1cnc(CNC(=O)c2ccc(N)c([N+](=O)[O-])c2)o1. The van der Waals surface area contributed by atoms with E-state index in [2.05, 4.69) is 10.3 Å². The quantitative estimate of drug-likeness (QED) is 0.494. The van der Waals surface area contributed by atoms with Gasteiger partial charge in [0.2, 0.25) is 5.89 Å². The van der Waals surface area contributed by atoms with E-state index in [1.165, 1.54) is 18.3 Å². The predicted octanol–water partition coefficient (Wildman–Crippen LogP) is 1.40. The molecule has 20 heavy (non-hydrogen) atoms. The normalized spacial score (nSPS) is 10.2. The zero-order chi connectivity index (χ0) is 14.7. The Balaban J connectivity index is 2.09. The molecule has 0 fully saturated rings. The Morgan fingerprint density at radius 2 is 2.30 bits per heavy atom. The fourth-order valence-corrected chi connectivity index (χ4v) is 1.58. The summed E-state index contributed by atoms with van der Waals surface area (Å²) in [7, 11) is 0. The molecule has 0 saturated carbocycles. The number of nitrogens with two attached hydrogens (primary N) is 1. The van der Waals surface area contributed by atoms with Crippen LogP contribution in [0.5, 0.6) is 0 Å². The minimum atomic E-state index is -0.635. The van der Waals surface area contributed by atoms with Gasteiger partial charge in [0.15, 0.2) is 0 Å². The first-order chi connectivity index (χ1) is 9.47. The van der Waals surface area contributed by atoms with Crippen molar-refractivity contribution in [3.05, 3.63) is 51.7 Å². The number of nitrogens with one attached hydrogen (secondary N) is 1. The van der Waals surface area contributed by atoms with Crippen LogP contribution < -0.4 is 11.1 Å². The number of aryl methyl sites for hydroxylation is 1. The first-order valence-electron chi connectivity index (χ1n) is 5.71. The van der Waals surface area contributed by atoms with Gasteiger partial charge in [0.05, 0.1) is 17.7 Å². The minimum Gasteiger partial charge on any atom is -0.444 e. The molecule has 2 rings (SSSR count). The van der Waals surface area contributed by atoms with Gasteiger partial charge in [0, 0.05) is 11.6 Å². The summed E-state index contributed by atoms with van der Waals surface area (Å²) in [4.78, 5) is 25.9. The second-order valence-corrected chi connectivity index (χ2v) is 4.08. The molecule has 8 nitrogen and oxygen atoms in total. The number of nitro groups is 1. The van der Waals surface area contributed by atoms with Crippen LogP contribution in [0.3, 0.4) is 0 Å². The van der Waals surface area contributed by atoms with E-state index in [-0.39, 0.29) is 23.5 Å². The molecule has 0 atom stereocenters. The van der Waals surface area contributed by atoms with Crippen LogP contribution in [0.25, 0.3) is 0 Å². The predicted molar refractivity (Wildman–Crippen MR) is 69.9 cm³/mol. The Hall–Kier alpha value is -2.90. The third kappa shape index (κ3) is 2.91. The molecule has 0 aliphatic heterocycles. The van der Waals surface area contributed by atoms with Crippen LogP contribution in [0.2, 0.25) is 0 Å². The number of oxazole rings is 1. The average molecular weight is 276 g/mol. The highest BCUT2D eigenvalue weighted by Crippen LogP contribution is 2.22. The first kappa shape index (κ1) is 13.5. The highest BCUT2D eigenvalue weighted by molar-refractivity contribution is 5.95. The standard InChI is InChI=1S/C12H12N4O4/c1-7-5-14-11(20-7)6-15-12(17)8-2-3-9(13)10(4-8)16(18)19/h2-5H,6,13H2,1H3,(H,15,17). The molecule has 1 amide bonds. The summed E-state index contributed by atoms with van der Waals surface area (Å²) in [6, 6.07) is 3.87. The van der Waals surface area contributed by atoms with Crippen molar-refractivity contribution in [2.75, 3.05) is 5.73 Å². The Morgan fingerprint density at radius 3 is 2.90 bits per heavy atom. The van der Waals surface area contributed by atoms with Crippen LogP contribution in [0.15, 0.2) is 28.8 Å². The second kappa shape index (κ2) is 5.39. The second-order valence-electron chi connectivity index (χ2n) is 4.08. The number of hydrogen-bond acceptors (Lipinski definition) is 6. The summed E-state index contributed by atoms with van der Waals surface area (Å²) >= 11 is 0. The van der Waals surface area contributed by atoms with Gasteiger partial charge in [-0.25, -0.2) is 4.98 Å². The number of hydrogen-bond donors (Lipinski definition) is 2. The van der Waals surface area contributed by atoms with Gasteiger partial charge in [-0.3, -0.25) is 14.9 Å². The molecule has 0 bridgehead atoms. The minimum absolute atomic E-state index is 0.00914. The van der Waals surface area contributed by atoms with Crippen LogP contribution in [0.4, 0.5) is 11.4 Å². The van der Waals surface area contributed by atoms with Gasteiger partial charge in [-0.15, -0.1) is 0 Å². The topological polar surface area (TPSA) is 124 Å². The highest BCUT2D eigenvalue weighted by atomic mass is 16.6. The van der Waals surface area contributed by atoms with Crippen molar-refractivity contribution in [2.24, 2.45) is 0 Å². The number of benzene rings is 1. The lowest BCUT2D eigenvalue weighted by Gasteiger charge is -2.04. The monoisotopic (exact) mass is 276 g/mol. The molecule has 1 heterocycles. The number of rotatable bonds is 4. The van der Waals surface area contributed by atoms with E-state index in [4.69, 9.17) is 10.2 Å². The molecule has 0 radical (unpaired) electrons. The summed E-state index contributed by atoms with van der Waals surface area (Å²) in [5.74, 6) is 0.530. The number of carbonyl (C=O) groups is 1. The number of nitrogens with zero attached hydrogens (tertiary/aromatic N) is 2. The molecule has 104 valence electrons. The smallest absolute Gasteiger partial charge is 0.292 e. The van der Waals surface area contributed by atoms with Crippen molar-refractivity contribution in [1.29, 1.82) is 0 Å². The van der Waals surface area contributed by atoms with E-state index < -0.39 is 10.8 Å². The van der Waals surface area contributed by atoms with Crippen molar-refractivity contribution < 1.29 is 14.1 Å². The molecule has 0 spiro atoms. The Bertz CT molecular complexity index is 665. The molecule has 2 aromatic rings. The van der Waals surface area contributed by atoms with Crippen LogP contribution in [-0.4, -0.2) is 15.8 Å². The fraction of sp³-hybridized carbons (Fsp3) is 0.167. The highest BCUT2D eigenvalue weighted by Gasteiger charge is 2.15. The van der Waals surface area contributed by atoms with E-state index in [1.807, 2.05) is 0 Å². The van der Waals surface area contributed by atoms with Gasteiger partial charge in [0.25, 0.3) is 11.6 Å². The van der Waals surface area contributed by atoms with Crippen molar-refractivity contribution in [2.45, 2.75) is 13.5 Å². The largest absolute Gasteiger partial charge is 0.444 e. The van der Waals surface area contributed by atoms with Gasteiger partial charge >= 0.3 is 0 Å². The van der Waals surface area contributed by atoms with Gasteiger partial charge < -0.3 is 15.5 Å². The van der Waals surface area contributed by atoms with Gasteiger partial charge in [-0.2, -0.15) is 0 Å². The van der Waals surface area contributed by atoms with Crippen molar-refractivity contribution >= 4 is 17.3 Å². The van der Waals surface area contributed by atoms with Crippen LogP contribution in [0, 0.1) is 17.0 Å². The first-order valence-corrected chi connectivity index (χ1v) is 5.71. The van der Waals surface area contributed by atoms with Crippen molar-refractivity contribution in [3.8, 4) is 0 Å². The molecule has 1 aromatic carbocycles. The van der Waals surface area contributed by atoms with Crippen molar-refractivity contribution in [1.82, 2.24) is 10.3 Å². The Labute approximate surface area is 113 Å².